The summed E-state index contributed by atoms with van der Waals surface area (Å²) in [5.74, 6) is -1.04. The normalized spacial score (nSPS) is 11.0. The lowest BCUT2D eigenvalue weighted by atomic mass is 10.3. The van der Waals surface area contributed by atoms with Gasteiger partial charge in [-0.25, -0.2) is 14.8 Å². The van der Waals surface area contributed by atoms with Crippen LogP contribution < -0.4 is 0 Å². The van der Waals surface area contributed by atoms with Gasteiger partial charge >= 0.3 is 5.97 Å². The lowest BCUT2D eigenvalue weighted by Gasteiger charge is -1.96. The van der Waals surface area contributed by atoms with Crippen molar-refractivity contribution in [2.45, 2.75) is 0 Å². The van der Waals surface area contributed by atoms with E-state index in [4.69, 9.17) is 5.11 Å². The van der Waals surface area contributed by atoms with Crippen LogP contribution in [0.4, 0.5) is 0 Å². The first-order valence-corrected chi connectivity index (χ1v) is 4.72. The minimum absolute atomic E-state index is 0.00986. The fraction of sp³-hybridized carbons (Fsp3) is 0. The Morgan fingerprint density at radius 1 is 1.31 bits per heavy atom. The van der Waals surface area contributed by atoms with E-state index in [1.54, 1.807) is 4.40 Å². The van der Waals surface area contributed by atoms with E-state index in [-0.39, 0.29) is 5.69 Å². The van der Waals surface area contributed by atoms with Gasteiger partial charge in [-0.2, -0.15) is 0 Å². The van der Waals surface area contributed by atoms with Gasteiger partial charge < -0.3 is 5.11 Å². The fourth-order valence-corrected chi connectivity index (χ4v) is 1.68. The number of carboxylic acids is 1. The van der Waals surface area contributed by atoms with Crippen molar-refractivity contribution in [3.8, 4) is 0 Å². The second-order valence-electron chi connectivity index (χ2n) is 3.41. The lowest BCUT2D eigenvalue weighted by molar-refractivity contribution is 0.0690. The number of carbonyl (C=O) groups is 1. The second-order valence-corrected chi connectivity index (χ2v) is 3.41. The molecular weight excluding hydrogens is 206 g/mol. The van der Waals surface area contributed by atoms with E-state index in [1.165, 1.54) is 12.4 Å². The molecule has 0 aliphatic carbocycles. The van der Waals surface area contributed by atoms with Crippen LogP contribution in [0.1, 0.15) is 10.5 Å². The first kappa shape index (κ1) is 8.84. The number of fused-ring (bicyclic) bond motifs is 3. The fourth-order valence-electron chi connectivity index (χ4n) is 1.68. The predicted octanol–water partition coefficient (Wildman–Crippen LogP) is 1.58. The standard InChI is InChI=1S/C11H7N3O2/c15-11(16)8-6-14-9-4-2-1-3-7(9)13-10(14)5-12-8/h1-6H,(H,15,16). The molecule has 5 heteroatoms. The third kappa shape index (κ3) is 1.15. The molecule has 2 aromatic heterocycles. The van der Waals surface area contributed by atoms with E-state index in [0.717, 1.165) is 11.0 Å². The van der Waals surface area contributed by atoms with Gasteiger partial charge in [0.1, 0.15) is 0 Å². The van der Waals surface area contributed by atoms with Crippen LogP contribution in [0.25, 0.3) is 16.7 Å². The van der Waals surface area contributed by atoms with Gasteiger partial charge in [-0.1, -0.05) is 12.1 Å². The Labute approximate surface area is 90.0 Å². The van der Waals surface area contributed by atoms with Crippen LogP contribution in [0.5, 0.6) is 0 Å². The van der Waals surface area contributed by atoms with E-state index in [9.17, 15) is 4.79 Å². The molecule has 3 rings (SSSR count). The van der Waals surface area contributed by atoms with E-state index in [2.05, 4.69) is 9.97 Å². The maximum Gasteiger partial charge on any atom is 0.356 e. The average molecular weight is 213 g/mol. The number of benzene rings is 1. The summed E-state index contributed by atoms with van der Waals surface area (Å²) in [5, 5.41) is 8.86. The summed E-state index contributed by atoms with van der Waals surface area (Å²) < 4.78 is 1.73. The highest BCUT2D eigenvalue weighted by molar-refractivity contribution is 5.86. The molecule has 0 saturated heterocycles. The van der Waals surface area contributed by atoms with Crippen LogP contribution in [0.2, 0.25) is 0 Å². The number of aromatic nitrogens is 3. The van der Waals surface area contributed by atoms with Crippen molar-refractivity contribution >= 4 is 22.6 Å². The molecule has 0 atom stereocenters. The molecule has 16 heavy (non-hydrogen) atoms. The SMILES string of the molecule is O=C(O)c1cn2c(cn1)nc1ccccc12. The Morgan fingerprint density at radius 2 is 2.12 bits per heavy atom. The van der Waals surface area contributed by atoms with Gasteiger partial charge in [-0.15, -0.1) is 0 Å². The predicted molar refractivity (Wildman–Crippen MR) is 57.5 cm³/mol. The summed E-state index contributed by atoms with van der Waals surface area (Å²) in [7, 11) is 0. The summed E-state index contributed by atoms with van der Waals surface area (Å²) in [5.41, 5.74) is 2.36. The minimum Gasteiger partial charge on any atom is -0.476 e. The molecular formula is C11H7N3O2. The number of nitrogens with zero attached hydrogens (tertiary/aromatic N) is 3. The van der Waals surface area contributed by atoms with E-state index in [0.29, 0.717) is 5.65 Å². The van der Waals surface area contributed by atoms with Crippen molar-refractivity contribution in [2.75, 3.05) is 0 Å². The number of para-hydroxylation sites is 2. The Morgan fingerprint density at radius 3 is 2.94 bits per heavy atom. The first-order chi connectivity index (χ1) is 7.75. The van der Waals surface area contributed by atoms with Gasteiger partial charge in [0.2, 0.25) is 0 Å². The van der Waals surface area contributed by atoms with Crippen LogP contribution >= 0.6 is 0 Å². The Kier molecular flexibility index (Phi) is 1.67. The van der Waals surface area contributed by atoms with Crippen LogP contribution in [-0.2, 0) is 0 Å². The Balaban J connectivity index is 2.44. The molecule has 0 radical (unpaired) electrons. The average Bonchev–Trinajstić information content (AvgIpc) is 2.66. The largest absolute Gasteiger partial charge is 0.476 e. The summed E-state index contributed by atoms with van der Waals surface area (Å²) >= 11 is 0. The highest BCUT2D eigenvalue weighted by Gasteiger charge is 2.08. The molecule has 0 fully saturated rings. The molecule has 3 aromatic rings. The molecule has 2 heterocycles. The molecule has 0 unspecified atom stereocenters. The quantitative estimate of drug-likeness (QED) is 0.666. The zero-order valence-electron chi connectivity index (χ0n) is 8.16. The summed E-state index contributed by atoms with van der Waals surface area (Å²) in [4.78, 5) is 18.9. The number of hydrogen-bond acceptors (Lipinski definition) is 3. The van der Waals surface area contributed by atoms with Crippen molar-refractivity contribution in [3.63, 3.8) is 0 Å². The van der Waals surface area contributed by atoms with Gasteiger partial charge in [0.05, 0.1) is 17.2 Å². The molecule has 1 aromatic carbocycles. The maximum atomic E-state index is 10.8. The van der Waals surface area contributed by atoms with Crippen molar-refractivity contribution in [2.24, 2.45) is 0 Å². The van der Waals surface area contributed by atoms with E-state index < -0.39 is 5.97 Å². The molecule has 78 valence electrons. The van der Waals surface area contributed by atoms with Crippen LogP contribution in [-0.4, -0.2) is 25.4 Å². The number of hydrogen-bond donors (Lipinski definition) is 1. The molecule has 5 nitrogen and oxygen atoms in total. The molecule has 0 spiro atoms. The number of carboxylic acid groups (broad SMARTS) is 1. The van der Waals surface area contributed by atoms with Crippen molar-refractivity contribution in [1.29, 1.82) is 0 Å². The topological polar surface area (TPSA) is 67.5 Å². The monoisotopic (exact) mass is 213 g/mol. The third-order valence-electron chi connectivity index (χ3n) is 2.41. The second kappa shape index (κ2) is 3.03. The third-order valence-corrected chi connectivity index (χ3v) is 2.41. The maximum absolute atomic E-state index is 10.8. The van der Waals surface area contributed by atoms with Crippen molar-refractivity contribution in [3.05, 3.63) is 42.4 Å². The van der Waals surface area contributed by atoms with Crippen LogP contribution in [0.15, 0.2) is 36.7 Å². The van der Waals surface area contributed by atoms with Crippen molar-refractivity contribution in [1.82, 2.24) is 14.4 Å². The first-order valence-electron chi connectivity index (χ1n) is 4.72. The zero-order valence-corrected chi connectivity index (χ0v) is 8.16. The minimum atomic E-state index is -1.04. The Bertz CT molecular complexity index is 703. The van der Waals surface area contributed by atoms with Gasteiger partial charge in [0.15, 0.2) is 11.3 Å². The van der Waals surface area contributed by atoms with E-state index in [1.807, 2.05) is 24.3 Å². The van der Waals surface area contributed by atoms with Gasteiger partial charge in [0, 0.05) is 6.20 Å². The van der Waals surface area contributed by atoms with Gasteiger partial charge in [-0.3, -0.25) is 4.40 Å². The molecule has 0 amide bonds. The number of aromatic carboxylic acids is 1. The van der Waals surface area contributed by atoms with Crippen LogP contribution in [0.3, 0.4) is 0 Å². The summed E-state index contributed by atoms with van der Waals surface area (Å²) in [6.07, 6.45) is 2.94. The van der Waals surface area contributed by atoms with Gasteiger partial charge in [0.25, 0.3) is 0 Å². The van der Waals surface area contributed by atoms with Gasteiger partial charge in [-0.05, 0) is 12.1 Å². The molecule has 0 aliphatic rings. The van der Waals surface area contributed by atoms with E-state index >= 15 is 0 Å². The number of imidazole rings is 1. The highest BCUT2D eigenvalue weighted by atomic mass is 16.4. The van der Waals surface area contributed by atoms with Crippen LogP contribution in [0, 0.1) is 0 Å². The smallest absolute Gasteiger partial charge is 0.356 e. The molecule has 0 bridgehead atoms. The summed E-state index contributed by atoms with van der Waals surface area (Å²) in [6.45, 7) is 0. The molecule has 0 aliphatic heterocycles. The summed E-state index contributed by atoms with van der Waals surface area (Å²) in [6, 6.07) is 7.54. The molecule has 0 saturated carbocycles. The Hall–Kier alpha value is -2.43. The molecule has 1 N–H and O–H groups in total. The lowest BCUT2D eigenvalue weighted by Crippen LogP contribution is -2.02. The zero-order chi connectivity index (χ0) is 11.1. The highest BCUT2D eigenvalue weighted by Crippen LogP contribution is 2.15. The van der Waals surface area contributed by atoms with Crippen molar-refractivity contribution < 1.29 is 9.90 Å². The number of rotatable bonds is 1.